The lowest BCUT2D eigenvalue weighted by Crippen LogP contribution is -2.06. The van der Waals surface area contributed by atoms with Crippen LogP contribution in [0.25, 0.3) is 10.9 Å². The molecular formula is C13H12ClNO3. The number of esters is 1. The monoisotopic (exact) mass is 268 g/mol. The Hall–Kier alpha value is -1.81. The van der Waals surface area contributed by atoms with E-state index >= 15 is 0 Å². The minimum Gasteiger partial charge on any atom is -0.497 e. The van der Waals surface area contributed by atoms with Crippen LogP contribution in [-0.4, -0.2) is 24.6 Å². The summed E-state index contributed by atoms with van der Waals surface area (Å²) in [5.74, 6) is -0.408. The molecule has 0 fully saturated rings. The zero-order chi connectivity index (χ0) is 15.6. The number of aromatic nitrogens is 1. The molecule has 0 bridgehead atoms. The molecule has 0 amide bonds. The van der Waals surface area contributed by atoms with Gasteiger partial charge in [0.15, 0.2) is 0 Å². The summed E-state index contributed by atoms with van der Waals surface area (Å²) in [7, 11) is -2.54. The topological polar surface area (TPSA) is 48.4 Å². The molecule has 94 valence electrons. The highest BCUT2D eigenvalue weighted by Crippen LogP contribution is 2.28. The molecule has 5 heteroatoms. The van der Waals surface area contributed by atoms with E-state index in [9.17, 15) is 4.79 Å². The van der Waals surface area contributed by atoms with E-state index in [1.54, 1.807) is 13.0 Å². The van der Waals surface area contributed by atoms with E-state index in [2.05, 4.69) is 4.98 Å². The van der Waals surface area contributed by atoms with Crippen molar-refractivity contribution >= 4 is 28.5 Å². The predicted molar refractivity (Wildman–Crippen MR) is 69.3 cm³/mol. The molecule has 2 rings (SSSR count). The number of hydrogen-bond donors (Lipinski definition) is 0. The highest BCUT2D eigenvalue weighted by molar-refractivity contribution is 6.38. The van der Waals surface area contributed by atoms with Crippen LogP contribution in [0.1, 0.15) is 21.4 Å². The molecule has 0 atom stereocenters. The van der Waals surface area contributed by atoms with E-state index in [1.807, 2.05) is 0 Å². The number of ether oxygens (including phenoxy) is 2. The van der Waals surface area contributed by atoms with Gasteiger partial charge >= 0.3 is 5.97 Å². The molecule has 0 saturated heterocycles. The molecule has 0 spiro atoms. The molecule has 0 aliphatic carbocycles. The molecule has 0 radical (unpaired) electrons. The smallest absolute Gasteiger partial charge is 0.341 e. The van der Waals surface area contributed by atoms with E-state index in [0.717, 1.165) is 0 Å². The summed E-state index contributed by atoms with van der Waals surface area (Å²) in [5.41, 5.74) is 0.588. The Kier molecular flexibility index (Phi) is 2.66. The van der Waals surface area contributed by atoms with Gasteiger partial charge in [-0.3, -0.25) is 4.98 Å². The number of nitrogens with zero attached hydrogens (tertiary/aromatic N) is 1. The molecule has 1 heterocycles. The molecule has 0 unspecified atom stereocenters. The van der Waals surface area contributed by atoms with Crippen molar-refractivity contribution in [1.29, 1.82) is 0 Å². The van der Waals surface area contributed by atoms with Crippen molar-refractivity contribution in [1.82, 2.24) is 4.98 Å². The van der Waals surface area contributed by atoms with Gasteiger partial charge in [-0.1, -0.05) is 11.6 Å². The fourth-order valence-electron chi connectivity index (χ4n) is 1.55. The molecule has 1 aromatic heterocycles. The van der Waals surface area contributed by atoms with Crippen LogP contribution in [0.5, 0.6) is 5.75 Å². The van der Waals surface area contributed by atoms with Gasteiger partial charge < -0.3 is 9.47 Å². The summed E-state index contributed by atoms with van der Waals surface area (Å²) in [4.78, 5) is 15.8. The van der Waals surface area contributed by atoms with Crippen LogP contribution in [0.3, 0.4) is 0 Å². The highest BCUT2D eigenvalue weighted by atomic mass is 35.5. The van der Waals surface area contributed by atoms with E-state index < -0.39 is 13.0 Å². The largest absolute Gasteiger partial charge is 0.497 e. The van der Waals surface area contributed by atoms with E-state index in [-0.39, 0.29) is 22.9 Å². The van der Waals surface area contributed by atoms with Crippen molar-refractivity contribution in [2.45, 2.75) is 6.92 Å². The second-order valence-electron chi connectivity index (χ2n) is 3.49. The summed E-state index contributed by atoms with van der Waals surface area (Å²) < 4.78 is 30.9. The number of methoxy groups -OCH3 is 1. The first-order valence-electron chi connectivity index (χ1n) is 6.76. The van der Waals surface area contributed by atoms with Crippen molar-refractivity contribution in [2.75, 3.05) is 13.6 Å². The standard InChI is InChI=1S/C13H12ClNO3/c1-3-18-13(16)10-7-15-11-6-8(17-2)4-5-9(11)12(10)14/h4-7H,3H2,1-2H3/i2D3. The lowest BCUT2D eigenvalue weighted by molar-refractivity contribution is 0.0526. The maximum Gasteiger partial charge on any atom is 0.341 e. The van der Waals surface area contributed by atoms with Gasteiger partial charge in [0, 0.05) is 17.6 Å². The zero-order valence-corrected chi connectivity index (χ0v) is 10.3. The first-order chi connectivity index (χ1) is 9.81. The number of hydrogen-bond acceptors (Lipinski definition) is 4. The van der Waals surface area contributed by atoms with Gasteiger partial charge in [0.2, 0.25) is 0 Å². The Bertz CT molecular complexity index is 688. The van der Waals surface area contributed by atoms with E-state index in [0.29, 0.717) is 10.9 Å². The highest BCUT2D eigenvalue weighted by Gasteiger charge is 2.15. The molecular weight excluding hydrogens is 254 g/mol. The zero-order valence-electron chi connectivity index (χ0n) is 12.6. The maximum atomic E-state index is 11.7. The molecule has 0 aliphatic rings. The molecule has 0 saturated carbocycles. The minimum absolute atomic E-state index is 0.148. The van der Waals surface area contributed by atoms with Crippen LogP contribution in [0, 0.1) is 0 Å². The number of benzene rings is 1. The quantitative estimate of drug-likeness (QED) is 0.803. The molecule has 18 heavy (non-hydrogen) atoms. The van der Waals surface area contributed by atoms with Gasteiger partial charge in [-0.15, -0.1) is 0 Å². The summed E-state index contributed by atoms with van der Waals surface area (Å²) in [6.07, 6.45) is 1.29. The van der Waals surface area contributed by atoms with Crippen LogP contribution < -0.4 is 4.74 Å². The summed E-state index contributed by atoms with van der Waals surface area (Å²) in [6.45, 7) is 1.93. The minimum atomic E-state index is -2.54. The van der Waals surface area contributed by atoms with E-state index in [4.69, 9.17) is 25.2 Å². The van der Waals surface area contributed by atoms with E-state index in [1.165, 1.54) is 18.3 Å². The SMILES string of the molecule is [2H]C([2H])([2H])Oc1ccc2c(Cl)c(C(=O)OCC)cnc2c1. The van der Waals surface area contributed by atoms with Crippen LogP contribution in [-0.2, 0) is 4.74 Å². The van der Waals surface area contributed by atoms with Crippen molar-refractivity contribution in [3.8, 4) is 5.75 Å². The van der Waals surface area contributed by atoms with Gasteiger partial charge in [-0.05, 0) is 19.1 Å². The predicted octanol–water partition coefficient (Wildman–Crippen LogP) is 3.07. The Labute approximate surface area is 114 Å². The number of pyridine rings is 1. The Morgan fingerprint density at radius 2 is 2.39 bits per heavy atom. The first kappa shape index (κ1) is 9.16. The van der Waals surface area contributed by atoms with Gasteiger partial charge in [-0.25, -0.2) is 4.79 Å². The van der Waals surface area contributed by atoms with Crippen molar-refractivity contribution in [2.24, 2.45) is 0 Å². The van der Waals surface area contributed by atoms with Crippen molar-refractivity contribution in [3.63, 3.8) is 0 Å². The molecule has 0 N–H and O–H groups in total. The molecule has 0 aliphatic heterocycles. The van der Waals surface area contributed by atoms with Crippen LogP contribution in [0.15, 0.2) is 24.4 Å². The van der Waals surface area contributed by atoms with Crippen LogP contribution >= 0.6 is 11.6 Å². The van der Waals surface area contributed by atoms with Gasteiger partial charge in [0.25, 0.3) is 0 Å². The fourth-order valence-corrected chi connectivity index (χ4v) is 1.84. The normalized spacial score (nSPS) is 13.6. The summed E-state index contributed by atoms with van der Waals surface area (Å²) >= 11 is 6.16. The Morgan fingerprint density at radius 1 is 1.56 bits per heavy atom. The lowest BCUT2D eigenvalue weighted by atomic mass is 10.1. The number of rotatable bonds is 3. The third-order valence-corrected chi connectivity index (χ3v) is 2.80. The fraction of sp³-hybridized carbons (Fsp3) is 0.231. The van der Waals surface area contributed by atoms with Crippen LogP contribution in [0.4, 0.5) is 0 Å². The Balaban J connectivity index is 2.43. The first-order valence-corrected chi connectivity index (χ1v) is 5.64. The maximum absolute atomic E-state index is 11.7. The summed E-state index contributed by atoms with van der Waals surface area (Å²) in [6, 6.07) is 4.45. The van der Waals surface area contributed by atoms with Gasteiger partial charge in [-0.2, -0.15) is 0 Å². The van der Waals surface area contributed by atoms with Gasteiger partial charge in [0.1, 0.15) is 5.75 Å². The second-order valence-corrected chi connectivity index (χ2v) is 3.87. The summed E-state index contributed by atoms with van der Waals surface area (Å²) in [5, 5.41) is 0.721. The number of fused-ring (bicyclic) bond motifs is 1. The second kappa shape index (κ2) is 5.23. The average molecular weight is 269 g/mol. The van der Waals surface area contributed by atoms with Gasteiger partial charge in [0.05, 0.1) is 33.9 Å². The molecule has 1 aromatic carbocycles. The number of halogens is 1. The van der Waals surface area contributed by atoms with Crippen molar-refractivity contribution < 1.29 is 18.4 Å². The third-order valence-electron chi connectivity index (χ3n) is 2.39. The Morgan fingerprint density at radius 3 is 3.11 bits per heavy atom. The third kappa shape index (κ3) is 2.24. The number of carbonyl (C=O) groups excluding carboxylic acids is 1. The molecule has 4 nitrogen and oxygen atoms in total. The van der Waals surface area contributed by atoms with Crippen molar-refractivity contribution in [3.05, 3.63) is 35.0 Å². The lowest BCUT2D eigenvalue weighted by Gasteiger charge is -2.07. The average Bonchev–Trinajstić information content (AvgIpc) is 2.37. The molecule has 2 aromatic rings. The number of carbonyl (C=O) groups is 1. The van der Waals surface area contributed by atoms with Crippen LogP contribution in [0.2, 0.25) is 5.02 Å².